The predicted octanol–water partition coefficient (Wildman–Crippen LogP) is -15.5. The molecule has 21 aliphatic heterocycles. The van der Waals surface area contributed by atoms with Crippen molar-refractivity contribution in [3.05, 3.63) is 0 Å². The molecule has 0 aromatic rings. The molecule has 35 atom stereocenters. The Balaban J connectivity index is 1.10. The first-order valence-electron chi connectivity index (χ1n) is 25.6. The van der Waals surface area contributed by atoms with Gasteiger partial charge in [-0.1, -0.05) is 0 Å². The van der Waals surface area contributed by atoms with E-state index in [2.05, 4.69) is 5.32 Å². The maximum absolute atomic E-state index is 12.2. The van der Waals surface area contributed by atoms with E-state index in [9.17, 15) is 107 Å². The monoisotopic (exact) mass is 1190 g/mol. The Labute approximate surface area is 457 Å². The molecule has 21 heterocycles. The van der Waals surface area contributed by atoms with Crippen LogP contribution in [0.4, 0.5) is 0 Å². The minimum Gasteiger partial charge on any atom is -0.394 e. The van der Waals surface area contributed by atoms with Gasteiger partial charge in [0.05, 0.1) is 39.6 Å². The van der Waals surface area contributed by atoms with Gasteiger partial charge in [-0.25, -0.2) is 0 Å². The topological polar surface area (TPSA) is 563 Å². The fraction of sp³-hybridized carbons (Fsp3) is 0.933. The number of rotatable bonds is 8. The van der Waals surface area contributed by atoms with E-state index in [0.29, 0.717) is 0 Å². The van der Waals surface area contributed by atoms with Crippen LogP contribution in [0.15, 0.2) is 0 Å². The summed E-state index contributed by atoms with van der Waals surface area (Å²) in [4.78, 5) is 12.2. The number of amides is 1. The summed E-state index contributed by atoms with van der Waals surface area (Å²) in [6.07, 6.45) is -66.0. The van der Waals surface area contributed by atoms with Crippen molar-refractivity contribution >= 4 is 5.91 Å². The first-order chi connectivity index (χ1) is 38.5. The molecule has 36 nitrogen and oxygen atoms in total. The van der Waals surface area contributed by atoms with Crippen LogP contribution in [0.25, 0.3) is 0 Å². The molecule has 21 rings (SSSR count). The summed E-state index contributed by atoms with van der Waals surface area (Å²) in [6, 6.07) is 0. The molecule has 466 valence electrons. The third-order valence-electron chi connectivity index (χ3n) is 15.2. The van der Waals surface area contributed by atoms with Gasteiger partial charge in [0, 0.05) is 6.54 Å². The molecule has 0 aromatic heterocycles. The van der Waals surface area contributed by atoms with Gasteiger partial charge in [-0.2, -0.15) is 0 Å². The lowest BCUT2D eigenvalue weighted by Gasteiger charge is -2.50. The number of terminal acetylenes is 1. The third kappa shape index (κ3) is 13.0. The van der Waals surface area contributed by atoms with Crippen molar-refractivity contribution < 1.29 is 173 Å². The lowest BCUT2D eigenvalue weighted by atomic mass is 9.95. The summed E-state index contributed by atoms with van der Waals surface area (Å²) >= 11 is 0. The van der Waals surface area contributed by atoms with Gasteiger partial charge in [-0.15, -0.1) is 6.42 Å². The standard InChI is InChI=1S/C45H71NO35/c1-2-17(53)46-3-10-32-18(54)25(61)39(68-10)76-33-11(4-47)70-41(27(63)20(33)56)78-35-13(6-49)72-43(29(65)22(35)58)80-37-15(8-51)74-45(31(67)24(37)60)81-38-16(9-52)73-44(30(66)23(38)59)79-36-14(7-50)71-42(28(64)21(36)57)77-34-12(5-48)69-40(75-32)26(62)19(34)55/h1,10-16,18-45,47-52,54-67H,3-9H2,(H,46,53)/t10-,11-,12+,13-,14+,15-,16+,18-,19-,20-,21-,22+,23-,24-,25-,26-,27+,28-,29+,30-,31-,32-,33-,34-,35-,36-,37-,38-,39-,40-,41-,42-,43-,44-,45-/m1/s1. The fourth-order valence-corrected chi connectivity index (χ4v) is 10.7. The minimum atomic E-state index is -2.26. The molecule has 0 unspecified atom stereocenters. The molecule has 36 heteroatoms. The number of hydrogen-bond acceptors (Lipinski definition) is 35. The molecule has 21 N–H and O–H groups in total. The first-order valence-corrected chi connectivity index (χ1v) is 25.6. The Kier molecular flexibility index (Phi) is 22.0. The van der Waals surface area contributed by atoms with Gasteiger partial charge < -0.3 is 174 Å². The maximum Gasteiger partial charge on any atom is 0.295 e. The summed E-state index contributed by atoms with van der Waals surface area (Å²) in [5, 5.41) is 224. The van der Waals surface area contributed by atoms with E-state index in [-0.39, 0.29) is 0 Å². The van der Waals surface area contributed by atoms with E-state index >= 15 is 0 Å². The highest BCUT2D eigenvalue weighted by atomic mass is 16.8. The van der Waals surface area contributed by atoms with Gasteiger partial charge in [0.2, 0.25) is 0 Å². The fourth-order valence-electron chi connectivity index (χ4n) is 10.7. The summed E-state index contributed by atoms with van der Waals surface area (Å²) in [5.41, 5.74) is 0. The smallest absolute Gasteiger partial charge is 0.295 e. The van der Waals surface area contributed by atoms with Crippen LogP contribution in [0, 0.1) is 12.3 Å². The molecule has 0 aliphatic carbocycles. The summed E-state index contributed by atoms with van der Waals surface area (Å²) in [5.74, 6) is 0.713. The lowest BCUT2D eigenvalue weighted by Crippen LogP contribution is -2.68. The SMILES string of the molecule is C#CC(=O)NC[C@H]1O[C@@H]2O[C@H]3[C@H](O)[C@H](O)[C@@H](O[C@H]4[C@@H](O)[C@H](O)[C@@H](O[C@H]5[C@H](O)[C@@H](O)[C@@H](O[C@H]6[C@H](O)[C@@H](O)[C@@H](O[C@H]7[C@H](O)[C@@H](O)[C@@H](O[C@H]8[C@H](O)[C@@H](O)[C@@H](O[C@H]1[C@H](O)[C@H]2O)O[C@H]8CO)O[C@H]7CO)O[C@H]6CO)O[C@@H]5CO)O[C@@H]4CO)O[C@@H]3CO. The van der Waals surface area contributed by atoms with Crippen LogP contribution >= 0.6 is 0 Å². The second-order valence-electron chi connectivity index (χ2n) is 20.3. The number of aliphatic hydroxyl groups excluding tert-OH is 20. The summed E-state index contributed by atoms with van der Waals surface area (Å²) < 4.78 is 80.1. The highest BCUT2D eigenvalue weighted by molar-refractivity contribution is 5.92. The van der Waals surface area contributed by atoms with E-state index in [1.165, 1.54) is 0 Å². The van der Waals surface area contributed by atoms with Crippen LogP contribution in [0.2, 0.25) is 0 Å². The molecule has 21 fully saturated rings. The second-order valence-corrected chi connectivity index (χ2v) is 20.3. The molecule has 21 saturated heterocycles. The van der Waals surface area contributed by atoms with Gasteiger partial charge in [-0.05, 0) is 5.92 Å². The quantitative estimate of drug-likeness (QED) is 0.100. The Hall–Kier alpha value is -2.33. The number of carbonyl (C=O) groups is 1. The third-order valence-corrected chi connectivity index (χ3v) is 15.2. The number of carbonyl (C=O) groups excluding carboxylic acids is 1. The van der Waals surface area contributed by atoms with Crippen molar-refractivity contribution in [2.45, 2.75) is 215 Å². The van der Waals surface area contributed by atoms with Crippen LogP contribution < -0.4 is 5.32 Å². The minimum absolute atomic E-state index is 0.697. The van der Waals surface area contributed by atoms with Gasteiger partial charge in [0.25, 0.3) is 5.91 Å². The van der Waals surface area contributed by atoms with Crippen molar-refractivity contribution in [3.8, 4) is 12.3 Å². The number of hydrogen-bond donors (Lipinski definition) is 21. The molecule has 0 saturated carbocycles. The van der Waals surface area contributed by atoms with Crippen molar-refractivity contribution in [1.29, 1.82) is 0 Å². The Morgan fingerprint density at radius 3 is 0.605 bits per heavy atom. The second kappa shape index (κ2) is 27.6. The van der Waals surface area contributed by atoms with E-state index < -0.39 is 267 Å². The van der Waals surface area contributed by atoms with E-state index in [1.54, 1.807) is 5.92 Å². The van der Waals surface area contributed by atoms with Crippen LogP contribution in [0.1, 0.15) is 0 Å². The highest BCUT2D eigenvalue weighted by Crippen LogP contribution is 2.39. The Morgan fingerprint density at radius 1 is 0.284 bits per heavy atom. The van der Waals surface area contributed by atoms with E-state index in [0.717, 1.165) is 0 Å². The molecule has 0 aromatic carbocycles. The average molecular weight is 1190 g/mol. The van der Waals surface area contributed by atoms with E-state index in [4.69, 9.17) is 72.7 Å². The number of nitrogens with one attached hydrogen (secondary N) is 1. The predicted molar refractivity (Wildman–Crippen MR) is 243 cm³/mol. The van der Waals surface area contributed by atoms with Crippen molar-refractivity contribution in [3.63, 3.8) is 0 Å². The largest absolute Gasteiger partial charge is 0.394 e. The zero-order chi connectivity index (χ0) is 59.0. The molecule has 0 radical (unpaired) electrons. The van der Waals surface area contributed by atoms with E-state index in [1.807, 2.05) is 0 Å². The van der Waals surface area contributed by atoms with Gasteiger partial charge >= 0.3 is 0 Å². The van der Waals surface area contributed by atoms with Crippen LogP contribution in [0.3, 0.4) is 0 Å². The molecule has 14 bridgehead atoms. The molecular weight excluding hydrogens is 1110 g/mol. The van der Waals surface area contributed by atoms with Crippen molar-refractivity contribution in [1.82, 2.24) is 5.32 Å². The Bertz CT molecular complexity index is 2030. The summed E-state index contributed by atoms with van der Waals surface area (Å²) in [6.45, 7) is -7.09. The zero-order valence-corrected chi connectivity index (χ0v) is 42.3. The Morgan fingerprint density at radius 2 is 0.444 bits per heavy atom. The molecule has 21 aliphatic rings. The average Bonchev–Trinajstić information content (AvgIpc) is 3.59. The molecule has 1 amide bonds. The maximum atomic E-state index is 12.2. The lowest BCUT2D eigenvalue weighted by molar-refractivity contribution is -0.396. The van der Waals surface area contributed by atoms with Crippen LogP contribution in [-0.2, 0) is 71.1 Å². The molecule has 0 spiro atoms. The first kappa shape index (κ1) is 64.7. The number of aliphatic hydroxyl groups is 20. The van der Waals surface area contributed by atoms with Crippen LogP contribution in [-0.4, -0.2) is 369 Å². The molecule has 81 heavy (non-hydrogen) atoms. The van der Waals surface area contributed by atoms with Crippen LogP contribution in [0.5, 0.6) is 0 Å². The van der Waals surface area contributed by atoms with Crippen molar-refractivity contribution in [2.24, 2.45) is 0 Å². The van der Waals surface area contributed by atoms with Gasteiger partial charge in [-0.3, -0.25) is 4.79 Å². The zero-order valence-electron chi connectivity index (χ0n) is 42.3. The normalized spacial score (nSPS) is 53.0. The summed E-state index contributed by atoms with van der Waals surface area (Å²) in [7, 11) is 0. The molecular formula is C45H71NO35. The van der Waals surface area contributed by atoms with Gasteiger partial charge in [0.1, 0.15) is 171 Å². The van der Waals surface area contributed by atoms with Gasteiger partial charge in [0.15, 0.2) is 44.0 Å². The van der Waals surface area contributed by atoms with Crippen molar-refractivity contribution in [2.75, 3.05) is 46.2 Å². The number of ether oxygens (including phenoxy) is 14. The highest BCUT2D eigenvalue weighted by Gasteiger charge is 2.59.